The van der Waals surface area contributed by atoms with Crippen LogP contribution in [-0.2, 0) is 11.3 Å². The first-order chi connectivity index (χ1) is 8.83. The van der Waals surface area contributed by atoms with Crippen LogP contribution in [0.2, 0.25) is 0 Å². The van der Waals surface area contributed by atoms with Crippen molar-refractivity contribution in [3.63, 3.8) is 0 Å². The second-order valence-corrected chi connectivity index (χ2v) is 4.46. The van der Waals surface area contributed by atoms with Crippen LogP contribution in [0.25, 0.3) is 0 Å². The van der Waals surface area contributed by atoms with Gasteiger partial charge in [-0.2, -0.15) is 0 Å². The molecular weight excluding hydrogens is 222 g/mol. The molecule has 2 nitrogen and oxygen atoms in total. The Morgan fingerprint density at radius 1 is 1.17 bits per heavy atom. The minimum atomic E-state index is -0.00524. The van der Waals surface area contributed by atoms with Gasteiger partial charge in [0.05, 0.1) is 0 Å². The third-order valence-corrected chi connectivity index (χ3v) is 2.80. The number of carbonyl (C=O) groups is 1. The molecule has 0 radical (unpaired) electrons. The molecular formula is C16H23NO. The van der Waals surface area contributed by atoms with E-state index in [4.69, 9.17) is 0 Å². The summed E-state index contributed by atoms with van der Waals surface area (Å²) in [6.07, 6.45) is 9.59. The summed E-state index contributed by atoms with van der Waals surface area (Å²) in [7, 11) is 0. The van der Waals surface area contributed by atoms with E-state index in [9.17, 15) is 4.79 Å². The van der Waals surface area contributed by atoms with Crippen LogP contribution in [0, 0.1) is 0 Å². The molecule has 2 heteroatoms. The number of carbonyl (C=O) groups excluding carboxylic acids is 1. The predicted octanol–water partition coefficient (Wildman–Crippen LogP) is 3.83. The van der Waals surface area contributed by atoms with E-state index in [1.807, 2.05) is 36.4 Å². The van der Waals surface area contributed by atoms with E-state index in [2.05, 4.69) is 12.2 Å². The first-order valence-corrected chi connectivity index (χ1v) is 6.81. The van der Waals surface area contributed by atoms with Gasteiger partial charge in [0.15, 0.2) is 0 Å². The number of nitrogens with one attached hydrogen (secondary N) is 1. The molecule has 1 N–H and O–H groups in total. The molecule has 18 heavy (non-hydrogen) atoms. The smallest absolute Gasteiger partial charge is 0.243 e. The van der Waals surface area contributed by atoms with Crippen molar-refractivity contribution in [1.82, 2.24) is 5.32 Å². The molecule has 0 bridgehead atoms. The Kier molecular flexibility index (Phi) is 7.61. The molecule has 0 atom stereocenters. The van der Waals surface area contributed by atoms with Gasteiger partial charge >= 0.3 is 0 Å². The molecule has 1 aromatic carbocycles. The van der Waals surface area contributed by atoms with Crippen molar-refractivity contribution < 1.29 is 4.79 Å². The summed E-state index contributed by atoms with van der Waals surface area (Å²) in [6, 6.07) is 9.95. The molecule has 0 aliphatic rings. The zero-order valence-corrected chi connectivity index (χ0v) is 11.2. The van der Waals surface area contributed by atoms with Gasteiger partial charge in [-0.05, 0) is 24.5 Å². The largest absolute Gasteiger partial charge is 0.348 e. The Hall–Kier alpha value is -1.57. The predicted molar refractivity (Wildman–Crippen MR) is 76.2 cm³/mol. The maximum atomic E-state index is 11.5. The molecule has 1 rings (SSSR count). The van der Waals surface area contributed by atoms with Crippen LogP contribution in [-0.4, -0.2) is 5.91 Å². The normalized spacial score (nSPS) is 10.7. The van der Waals surface area contributed by atoms with Crippen LogP contribution in [0.1, 0.15) is 44.6 Å². The topological polar surface area (TPSA) is 29.1 Å². The minimum Gasteiger partial charge on any atom is -0.348 e. The summed E-state index contributed by atoms with van der Waals surface area (Å²) < 4.78 is 0. The molecule has 0 fully saturated rings. The third-order valence-electron chi connectivity index (χ3n) is 2.80. The van der Waals surface area contributed by atoms with Crippen molar-refractivity contribution in [2.75, 3.05) is 0 Å². The highest BCUT2D eigenvalue weighted by molar-refractivity contribution is 5.87. The SMILES string of the molecule is CCCCCC/C=C/C(=O)NCc1ccccc1. The molecule has 98 valence electrons. The lowest BCUT2D eigenvalue weighted by Gasteiger charge is -2.01. The van der Waals surface area contributed by atoms with Crippen molar-refractivity contribution in [2.45, 2.75) is 45.6 Å². The summed E-state index contributed by atoms with van der Waals surface area (Å²) in [5, 5.41) is 2.88. The van der Waals surface area contributed by atoms with Gasteiger partial charge in [0.1, 0.15) is 0 Å². The Morgan fingerprint density at radius 2 is 1.94 bits per heavy atom. The van der Waals surface area contributed by atoms with Crippen molar-refractivity contribution in [3.8, 4) is 0 Å². The van der Waals surface area contributed by atoms with E-state index >= 15 is 0 Å². The Bertz CT molecular complexity index is 357. The van der Waals surface area contributed by atoms with E-state index in [1.54, 1.807) is 6.08 Å². The maximum absolute atomic E-state index is 11.5. The van der Waals surface area contributed by atoms with Gasteiger partial charge in [-0.15, -0.1) is 0 Å². The molecule has 0 aliphatic carbocycles. The van der Waals surface area contributed by atoms with Gasteiger partial charge in [-0.1, -0.05) is 62.6 Å². The molecule has 0 saturated carbocycles. The van der Waals surface area contributed by atoms with Gasteiger partial charge in [0.25, 0.3) is 0 Å². The van der Waals surface area contributed by atoms with Gasteiger partial charge in [0, 0.05) is 6.54 Å². The summed E-state index contributed by atoms with van der Waals surface area (Å²) in [6.45, 7) is 2.80. The van der Waals surface area contributed by atoms with Crippen LogP contribution in [0.3, 0.4) is 0 Å². The highest BCUT2D eigenvalue weighted by Gasteiger charge is 1.95. The second-order valence-electron chi connectivity index (χ2n) is 4.46. The zero-order chi connectivity index (χ0) is 13.1. The monoisotopic (exact) mass is 245 g/mol. The summed E-state index contributed by atoms with van der Waals surface area (Å²) in [4.78, 5) is 11.5. The third kappa shape index (κ3) is 6.89. The molecule has 0 saturated heterocycles. The molecule has 1 aromatic rings. The number of rotatable bonds is 8. The summed E-state index contributed by atoms with van der Waals surface area (Å²) in [5.74, 6) is -0.00524. The van der Waals surface area contributed by atoms with Crippen molar-refractivity contribution in [3.05, 3.63) is 48.0 Å². The number of hydrogen-bond acceptors (Lipinski definition) is 1. The van der Waals surface area contributed by atoms with E-state index < -0.39 is 0 Å². The molecule has 0 spiro atoms. The summed E-state index contributed by atoms with van der Waals surface area (Å²) >= 11 is 0. The van der Waals surface area contributed by atoms with Crippen LogP contribution < -0.4 is 5.32 Å². The maximum Gasteiger partial charge on any atom is 0.243 e. The zero-order valence-electron chi connectivity index (χ0n) is 11.2. The van der Waals surface area contributed by atoms with Crippen molar-refractivity contribution in [2.24, 2.45) is 0 Å². The number of benzene rings is 1. The Balaban J connectivity index is 2.12. The van der Waals surface area contributed by atoms with Gasteiger partial charge < -0.3 is 5.32 Å². The lowest BCUT2D eigenvalue weighted by atomic mass is 10.1. The standard InChI is InChI=1S/C16H23NO/c1-2-3-4-5-6-10-13-16(18)17-14-15-11-8-7-9-12-15/h7-13H,2-6,14H2,1H3,(H,17,18)/b13-10+. The summed E-state index contributed by atoms with van der Waals surface area (Å²) in [5.41, 5.74) is 1.13. The average molecular weight is 245 g/mol. The molecule has 0 heterocycles. The number of unbranched alkanes of at least 4 members (excludes halogenated alkanes) is 4. The Morgan fingerprint density at radius 3 is 2.67 bits per heavy atom. The Labute approximate surface area is 110 Å². The van der Waals surface area contributed by atoms with Crippen LogP contribution in [0.15, 0.2) is 42.5 Å². The van der Waals surface area contributed by atoms with E-state index in [0.29, 0.717) is 6.54 Å². The fourth-order valence-corrected chi connectivity index (χ4v) is 1.72. The van der Waals surface area contributed by atoms with E-state index in [1.165, 1.54) is 25.7 Å². The minimum absolute atomic E-state index is 0.00524. The van der Waals surface area contributed by atoms with Gasteiger partial charge in [-0.25, -0.2) is 0 Å². The van der Waals surface area contributed by atoms with Gasteiger partial charge in [-0.3, -0.25) is 4.79 Å². The highest BCUT2D eigenvalue weighted by atomic mass is 16.1. The second kappa shape index (κ2) is 9.46. The number of allylic oxidation sites excluding steroid dienone is 1. The molecule has 0 unspecified atom stereocenters. The van der Waals surface area contributed by atoms with Crippen LogP contribution in [0.4, 0.5) is 0 Å². The molecule has 1 amide bonds. The van der Waals surface area contributed by atoms with Crippen LogP contribution >= 0.6 is 0 Å². The highest BCUT2D eigenvalue weighted by Crippen LogP contribution is 2.02. The molecule has 0 aromatic heterocycles. The van der Waals surface area contributed by atoms with Crippen molar-refractivity contribution >= 4 is 5.91 Å². The lowest BCUT2D eigenvalue weighted by molar-refractivity contribution is -0.116. The first kappa shape index (κ1) is 14.5. The fraction of sp³-hybridized carbons (Fsp3) is 0.438. The number of amides is 1. The quantitative estimate of drug-likeness (QED) is 0.547. The first-order valence-electron chi connectivity index (χ1n) is 6.81. The van der Waals surface area contributed by atoms with Crippen molar-refractivity contribution in [1.29, 1.82) is 0 Å². The fourth-order valence-electron chi connectivity index (χ4n) is 1.72. The van der Waals surface area contributed by atoms with E-state index in [-0.39, 0.29) is 5.91 Å². The van der Waals surface area contributed by atoms with Crippen LogP contribution in [0.5, 0.6) is 0 Å². The molecule has 0 aliphatic heterocycles. The average Bonchev–Trinajstić information content (AvgIpc) is 2.41. The number of hydrogen-bond donors (Lipinski definition) is 1. The lowest BCUT2D eigenvalue weighted by Crippen LogP contribution is -2.20. The van der Waals surface area contributed by atoms with E-state index in [0.717, 1.165) is 12.0 Å². The van der Waals surface area contributed by atoms with Gasteiger partial charge in [0.2, 0.25) is 5.91 Å².